The molecule has 0 saturated heterocycles. The number of nitrogens with zero attached hydrogens (tertiary/aromatic N) is 4. The first-order valence-electron chi connectivity index (χ1n) is 6.21. The summed E-state index contributed by atoms with van der Waals surface area (Å²) in [4.78, 5) is 8.60. The minimum Gasteiger partial charge on any atom is -0.302 e. The van der Waals surface area contributed by atoms with E-state index < -0.39 is 0 Å². The number of hydrogen-bond donors (Lipinski definition) is 1. The van der Waals surface area contributed by atoms with Crippen LogP contribution in [0.5, 0.6) is 0 Å². The molecule has 5 heteroatoms. The quantitative estimate of drug-likeness (QED) is 0.876. The molecule has 0 saturated carbocycles. The van der Waals surface area contributed by atoms with Crippen LogP contribution in [0.4, 0.5) is 0 Å². The van der Waals surface area contributed by atoms with Gasteiger partial charge in [-0.15, -0.1) is 0 Å². The van der Waals surface area contributed by atoms with Gasteiger partial charge in [-0.1, -0.05) is 6.07 Å². The lowest BCUT2D eigenvalue weighted by atomic mass is 10.2. The molecule has 0 aliphatic rings. The zero-order valence-electron chi connectivity index (χ0n) is 11.0. The van der Waals surface area contributed by atoms with Crippen molar-refractivity contribution in [3.63, 3.8) is 0 Å². The molecule has 0 unspecified atom stereocenters. The summed E-state index contributed by atoms with van der Waals surface area (Å²) in [6.07, 6.45) is 3.41. The maximum absolute atomic E-state index is 4.33. The van der Waals surface area contributed by atoms with Crippen molar-refractivity contribution in [3.05, 3.63) is 42.2 Å². The molecule has 0 bridgehead atoms. The molecule has 0 aliphatic heterocycles. The highest BCUT2D eigenvalue weighted by Crippen LogP contribution is 2.10. The van der Waals surface area contributed by atoms with Crippen molar-refractivity contribution in [3.8, 4) is 0 Å². The van der Waals surface area contributed by atoms with Crippen LogP contribution < -0.4 is 5.32 Å². The Hall–Kier alpha value is -1.75. The third-order valence-corrected chi connectivity index (χ3v) is 2.83. The molecule has 0 spiro atoms. The Bertz CT molecular complexity index is 477. The van der Waals surface area contributed by atoms with Gasteiger partial charge in [0.2, 0.25) is 0 Å². The fourth-order valence-corrected chi connectivity index (χ4v) is 1.81. The molecule has 0 radical (unpaired) electrons. The fourth-order valence-electron chi connectivity index (χ4n) is 1.81. The Morgan fingerprint density at radius 2 is 2.06 bits per heavy atom. The Morgan fingerprint density at radius 1 is 1.22 bits per heavy atom. The predicted molar refractivity (Wildman–Crippen MR) is 69.9 cm³/mol. The van der Waals surface area contributed by atoms with Crippen molar-refractivity contribution in [2.75, 3.05) is 0 Å². The molecule has 2 rings (SSSR count). The summed E-state index contributed by atoms with van der Waals surface area (Å²) in [5.74, 6) is 0.952. The van der Waals surface area contributed by atoms with Crippen molar-refractivity contribution < 1.29 is 0 Å². The highest BCUT2D eigenvalue weighted by Gasteiger charge is 2.10. The molecule has 1 atom stereocenters. The third kappa shape index (κ3) is 2.92. The smallest absolute Gasteiger partial charge is 0.141 e. The molecule has 2 aromatic rings. The Morgan fingerprint density at radius 3 is 2.72 bits per heavy atom. The van der Waals surface area contributed by atoms with Gasteiger partial charge in [-0.05, 0) is 32.9 Å². The Labute approximate surface area is 107 Å². The molecule has 0 amide bonds. The largest absolute Gasteiger partial charge is 0.302 e. The molecule has 0 aliphatic carbocycles. The highest BCUT2D eigenvalue weighted by atomic mass is 15.4. The molecule has 2 heterocycles. The van der Waals surface area contributed by atoms with E-state index in [0.29, 0.717) is 12.6 Å². The van der Waals surface area contributed by atoms with Crippen molar-refractivity contribution in [2.45, 2.75) is 39.4 Å². The van der Waals surface area contributed by atoms with Gasteiger partial charge in [0.25, 0.3) is 0 Å². The van der Waals surface area contributed by atoms with Gasteiger partial charge in [-0.2, -0.15) is 5.10 Å². The van der Waals surface area contributed by atoms with E-state index >= 15 is 0 Å². The summed E-state index contributed by atoms with van der Waals surface area (Å²) in [5, 5.41) is 7.63. The van der Waals surface area contributed by atoms with E-state index in [2.05, 4.69) is 41.2 Å². The topological polar surface area (TPSA) is 55.6 Å². The summed E-state index contributed by atoms with van der Waals surface area (Å²) in [7, 11) is 0. The SMILES string of the molecule is CC(C)n1ncnc1CN[C@@H](C)c1ccccn1. The first-order valence-corrected chi connectivity index (χ1v) is 6.21. The van der Waals surface area contributed by atoms with Crippen LogP contribution in [0.25, 0.3) is 0 Å². The maximum atomic E-state index is 4.33. The first-order chi connectivity index (χ1) is 8.68. The average Bonchev–Trinajstić information content (AvgIpc) is 2.85. The third-order valence-electron chi connectivity index (χ3n) is 2.83. The zero-order chi connectivity index (χ0) is 13.0. The van der Waals surface area contributed by atoms with E-state index in [1.807, 2.05) is 29.1 Å². The minimum atomic E-state index is 0.198. The van der Waals surface area contributed by atoms with Crippen LogP contribution in [-0.4, -0.2) is 19.7 Å². The zero-order valence-corrected chi connectivity index (χ0v) is 11.0. The Balaban J connectivity index is 1.97. The molecule has 2 aromatic heterocycles. The van der Waals surface area contributed by atoms with Gasteiger partial charge >= 0.3 is 0 Å². The van der Waals surface area contributed by atoms with Gasteiger partial charge in [-0.3, -0.25) is 4.98 Å². The normalized spacial score (nSPS) is 12.9. The van der Waals surface area contributed by atoms with Gasteiger partial charge < -0.3 is 5.32 Å². The number of pyridine rings is 1. The minimum absolute atomic E-state index is 0.198. The second-order valence-corrected chi connectivity index (χ2v) is 4.57. The fraction of sp³-hybridized carbons (Fsp3) is 0.462. The van der Waals surface area contributed by atoms with Crippen LogP contribution in [0, 0.1) is 0 Å². The lowest BCUT2D eigenvalue weighted by Crippen LogP contribution is -2.22. The molecule has 18 heavy (non-hydrogen) atoms. The highest BCUT2D eigenvalue weighted by molar-refractivity contribution is 5.07. The standard InChI is InChI=1S/C13H19N5/c1-10(2)18-13(16-9-17-18)8-15-11(3)12-6-4-5-7-14-12/h4-7,9-11,15H,8H2,1-3H3/t11-/m0/s1. The molecular weight excluding hydrogens is 226 g/mol. The predicted octanol–water partition coefficient (Wildman–Crippen LogP) is 2.10. The molecule has 5 nitrogen and oxygen atoms in total. The van der Waals surface area contributed by atoms with E-state index in [0.717, 1.165) is 11.5 Å². The maximum Gasteiger partial charge on any atom is 0.141 e. The number of rotatable bonds is 5. The van der Waals surface area contributed by atoms with E-state index in [1.54, 1.807) is 6.33 Å². The summed E-state index contributed by atoms with van der Waals surface area (Å²) in [5.41, 5.74) is 1.04. The molecule has 0 fully saturated rings. The van der Waals surface area contributed by atoms with Gasteiger partial charge in [0, 0.05) is 18.3 Å². The van der Waals surface area contributed by atoms with Crippen molar-refractivity contribution in [2.24, 2.45) is 0 Å². The number of nitrogens with one attached hydrogen (secondary N) is 1. The van der Waals surface area contributed by atoms with E-state index in [9.17, 15) is 0 Å². The summed E-state index contributed by atoms with van der Waals surface area (Å²) < 4.78 is 1.93. The second kappa shape index (κ2) is 5.73. The Kier molecular flexibility index (Phi) is 4.04. The van der Waals surface area contributed by atoms with Crippen LogP contribution in [0.3, 0.4) is 0 Å². The molecular formula is C13H19N5. The van der Waals surface area contributed by atoms with E-state index in [1.165, 1.54) is 0 Å². The number of hydrogen-bond acceptors (Lipinski definition) is 4. The summed E-state index contributed by atoms with van der Waals surface area (Å²) in [6.45, 7) is 6.98. The van der Waals surface area contributed by atoms with Gasteiger partial charge in [0.15, 0.2) is 0 Å². The van der Waals surface area contributed by atoms with Crippen LogP contribution in [-0.2, 0) is 6.54 Å². The van der Waals surface area contributed by atoms with Crippen LogP contribution in [0.1, 0.15) is 44.4 Å². The monoisotopic (exact) mass is 245 g/mol. The number of aromatic nitrogens is 4. The van der Waals surface area contributed by atoms with E-state index in [4.69, 9.17) is 0 Å². The van der Waals surface area contributed by atoms with Gasteiger partial charge in [0.1, 0.15) is 12.2 Å². The van der Waals surface area contributed by atoms with Gasteiger partial charge in [0.05, 0.1) is 12.2 Å². The van der Waals surface area contributed by atoms with Gasteiger partial charge in [-0.25, -0.2) is 9.67 Å². The lowest BCUT2D eigenvalue weighted by molar-refractivity contribution is 0.471. The summed E-state index contributed by atoms with van der Waals surface area (Å²) >= 11 is 0. The average molecular weight is 245 g/mol. The van der Waals surface area contributed by atoms with Crippen LogP contribution >= 0.6 is 0 Å². The first kappa shape index (κ1) is 12.7. The van der Waals surface area contributed by atoms with Crippen molar-refractivity contribution in [1.29, 1.82) is 0 Å². The second-order valence-electron chi connectivity index (χ2n) is 4.57. The molecule has 0 aromatic carbocycles. The van der Waals surface area contributed by atoms with E-state index in [-0.39, 0.29) is 6.04 Å². The molecule has 96 valence electrons. The van der Waals surface area contributed by atoms with Crippen LogP contribution in [0.15, 0.2) is 30.7 Å². The van der Waals surface area contributed by atoms with Crippen molar-refractivity contribution >= 4 is 0 Å². The molecule has 1 N–H and O–H groups in total. The van der Waals surface area contributed by atoms with Crippen LogP contribution in [0.2, 0.25) is 0 Å². The summed E-state index contributed by atoms with van der Waals surface area (Å²) in [6, 6.07) is 6.46. The van der Waals surface area contributed by atoms with Crippen molar-refractivity contribution in [1.82, 2.24) is 25.1 Å². The lowest BCUT2D eigenvalue weighted by Gasteiger charge is -2.14.